The van der Waals surface area contributed by atoms with Crippen molar-refractivity contribution in [1.82, 2.24) is 4.98 Å². The van der Waals surface area contributed by atoms with Crippen LogP contribution in [-0.4, -0.2) is 12.0 Å². The molecule has 0 aliphatic heterocycles. The third kappa shape index (κ3) is 2.33. The number of hydrogen-bond donors (Lipinski definition) is 1. The van der Waals surface area contributed by atoms with Gasteiger partial charge in [0.05, 0.1) is 6.20 Å². The molecule has 1 aromatic heterocycles. The van der Waals surface area contributed by atoms with Gasteiger partial charge >= 0.3 is 0 Å². The molecule has 0 atom stereocenters. The molecule has 0 amide bonds. The van der Waals surface area contributed by atoms with Crippen molar-refractivity contribution < 1.29 is 0 Å². The number of nitrogens with two attached hydrogens (primary N) is 1. The van der Waals surface area contributed by atoms with E-state index in [2.05, 4.69) is 41.1 Å². The molecule has 0 bridgehead atoms. The number of nitrogens with zero attached hydrogens (tertiary/aromatic N) is 2. The van der Waals surface area contributed by atoms with Gasteiger partial charge in [0, 0.05) is 13.6 Å². The smallest absolute Gasteiger partial charge is 0.187 e. The Hall–Kier alpha value is -1.55. The van der Waals surface area contributed by atoms with Crippen molar-refractivity contribution >= 4 is 21.5 Å². The van der Waals surface area contributed by atoms with Crippen LogP contribution in [0.3, 0.4) is 0 Å². The Balaban J connectivity index is 2.13. The maximum Gasteiger partial charge on any atom is 0.187 e. The Morgan fingerprint density at radius 1 is 1.38 bits per heavy atom. The van der Waals surface area contributed by atoms with Gasteiger partial charge in [-0.3, -0.25) is 0 Å². The van der Waals surface area contributed by atoms with E-state index in [1.54, 1.807) is 6.20 Å². The maximum absolute atomic E-state index is 5.67. The van der Waals surface area contributed by atoms with Crippen molar-refractivity contribution in [2.45, 2.75) is 13.5 Å². The van der Waals surface area contributed by atoms with Gasteiger partial charge in [0.25, 0.3) is 0 Å². The van der Waals surface area contributed by atoms with Gasteiger partial charge in [0.1, 0.15) is 5.00 Å². The van der Waals surface area contributed by atoms with Crippen molar-refractivity contribution in [2.75, 3.05) is 17.7 Å². The number of anilines is 2. The summed E-state index contributed by atoms with van der Waals surface area (Å²) in [6.07, 6.45) is 1.70. The summed E-state index contributed by atoms with van der Waals surface area (Å²) in [5.74, 6) is 0. The van der Waals surface area contributed by atoms with Gasteiger partial charge in [-0.05, 0) is 18.1 Å². The summed E-state index contributed by atoms with van der Waals surface area (Å²) in [4.78, 5) is 6.38. The Bertz CT molecular complexity index is 479. The Morgan fingerprint density at radius 2 is 2.12 bits per heavy atom. The zero-order valence-corrected chi connectivity index (χ0v) is 10.3. The molecule has 1 aromatic carbocycles. The first-order valence-corrected chi connectivity index (χ1v) is 5.95. The molecule has 2 rings (SSSR count). The molecule has 0 saturated carbocycles. The number of rotatable bonds is 3. The quantitative estimate of drug-likeness (QED) is 0.886. The number of aryl methyl sites for hydroxylation is 1. The van der Waals surface area contributed by atoms with Gasteiger partial charge in [0.2, 0.25) is 0 Å². The van der Waals surface area contributed by atoms with Gasteiger partial charge in [0.15, 0.2) is 5.13 Å². The number of thiazole rings is 1. The lowest BCUT2D eigenvalue weighted by molar-refractivity contribution is 0.906. The molecule has 0 aliphatic carbocycles. The van der Waals surface area contributed by atoms with Gasteiger partial charge in [-0.25, -0.2) is 4.98 Å². The normalized spacial score (nSPS) is 10.4. The van der Waals surface area contributed by atoms with Gasteiger partial charge in [-0.1, -0.05) is 35.6 Å². The second-order valence-electron chi connectivity index (χ2n) is 3.83. The van der Waals surface area contributed by atoms with Gasteiger partial charge in [-0.2, -0.15) is 0 Å². The molecule has 84 valence electrons. The minimum absolute atomic E-state index is 0.756. The van der Waals surface area contributed by atoms with Crippen LogP contribution >= 0.6 is 11.3 Å². The van der Waals surface area contributed by atoms with Crippen LogP contribution in [0.4, 0.5) is 10.1 Å². The minimum Gasteiger partial charge on any atom is -0.389 e. The lowest BCUT2D eigenvalue weighted by Crippen LogP contribution is -2.16. The molecule has 0 unspecified atom stereocenters. The van der Waals surface area contributed by atoms with Crippen molar-refractivity contribution in [3.8, 4) is 0 Å². The van der Waals surface area contributed by atoms with E-state index in [9.17, 15) is 0 Å². The predicted octanol–water partition coefficient (Wildman–Crippen LogP) is 2.67. The molecule has 2 aromatic rings. The summed E-state index contributed by atoms with van der Waals surface area (Å²) >= 11 is 1.51. The van der Waals surface area contributed by atoms with E-state index in [0.717, 1.165) is 16.7 Å². The molecule has 2 N–H and O–H groups in total. The molecule has 0 spiro atoms. The molecule has 3 nitrogen and oxygen atoms in total. The fourth-order valence-electron chi connectivity index (χ4n) is 1.56. The first-order valence-electron chi connectivity index (χ1n) is 5.14. The first-order chi connectivity index (χ1) is 7.66. The van der Waals surface area contributed by atoms with Gasteiger partial charge < -0.3 is 10.6 Å². The van der Waals surface area contributed by atoms with Crippen molar-refractivity contribution in [3.05, 3.63) is 41.6 Å². The molecular weight excluding hydrogens is 218 g/mol. The number of hydrogen-bond acceptors (Lipinski definition) is 4. The summed E-state index contributed by atoms with van der Waals surface area (Å²) in [5.41, 5.74) is 8.29. The molecule has 0 aliphatic rings. The fraction of sp³-hybridized carbons (Fsp3) is 0.250. The Morgan fingerprint density at radius 3 is 2.75 bits per heavy atom. The van der Waals surface area contributed by atoms with E-state index < -0.39 is 0 Å². The summed E-state index contributed by atoms with van der Waals surface area (Å²) in [6, 6.07) is 8.38. The Kier molecular flexibility index (Phi) is 3.10. The van der Waals surface area contributed by atoms with Crippen LogP contribution in [-0.2, 0) is 6.54 Å². The largest absolute Gasteiger partial charge is 0.389 e. The standard InChI is InChI=1S/C12H15N3S/c1-9-5-3-4-6-10(9)8-15(2)12-14-7-11(13)16-12/h3-7H,8,13H2,1-2H3. The highest BCUT2D eigenvalue weighted by atomic mass is 32.1. The zero-order valence-electron chi connectivity index (χ0n) is 9.47. The lowest BCUT2D eigenvalue weighted by Gasteiger charge is -2.16. The average Bonchev–Trinajstić information content (AvgIpc) is 2.68. The van der Waals surface area contributed by atoms with Crippen LogP contribution < -0.4 is 10.6 Å². The van der Waals surface area contributed by atoms with Crippen LogP contribution in [0.2, 0.25) is 0 Å². The second kappa shape index (κ2) is 4.53. The van der Waals surface area contributed by atoms with Crippen molar-refractivity contribution in [2.24, 2.45) is 0 Å². The number of benzene rings is 1. The highest BCUT2D eigenvalue weighted by Gasteiger charge is 2.07. The highest BCUT2D eigenvalue weighted by Crippen LogP contribution is 2.24. The molecule has 1 heterocycles. The summed E-state index contributed by atoms with van der Waals surface area (Å²) in [5, 5.41) is 1.72. The fourth-order valence-corrected chi connectivity index (χ4v) is 2.21. The lowest BCUT2D eigenvalue weighted by atomic mass is 10.1. The third-order valence-corrected chi connectivity index (χ3v) is 3.45. The molecule has 0 fully saturated rings. The zero-order chi connectivity index (χ0) is 11.5. The van der Waals surface area contributed by atoms with Crippen molar-refractivity contribution in [1.29, 1.82) is 0 Å². The second-order valence-corrected chi connectivity index (χ2v) is 4.87. The predicted molar refractivity (Wildman–Crippen MR) is 69.8 cm³/mol. The number of aromatic nitrogens is 1. The highest BCUT2D eigenvalue weighted by molar-refractivity contribution is 7.19. The third-order valence-electron chi connectivity index (χ3n) is 2.51. The summed E-state index contributed by atoms with van der Waals surface area (Å²) in [6.45, 7) is 2.99. The van der Waals surface area contributed by atoms with Crippen LogP contribution in [0.5, 0.6) is 0 Å². The van der Waals surface area contributed by atoms with Crippen LogP contribution in [0.15, 0.2) is 30.5 Å². The van der Waals surface area contributed by atoms with Crippen LogP contribution in [0.25, 0.3) is 0 Å². The molecule has 16 heavy (non-hydrogen) atoms. The molecule has 0 saturated heterocycles. The summed E-state index contributed by atoms with van der Waals surface area (Å²) < 4.78 is 0. The maximum atomic E-state index is 5.67. The van der Waals surface area contributed by atoms with E-state index in [1.165, 1.54) is 22.5 Å². The van der Waals surface area contributed by atoms with Crippen molar-refractivity contribution in [3.63, 3.8) is 0 Å². The van der Waals surface area contributed by atoms with E-state index >= 15 is 0 Å². The summed E-state index contributed by atoms with van der Waals surface area (Å²) in [7, 11) is 2.03. The first kappa shape index (κ1) is 11.0. The van der Waals surface area contributed by atoms with E-state index in [1.807, 2.05) is 7.05 Å². The van der Waals surface area contributed by atoms with E-state index in [0.29, 0.717) is 0 Å². The monoisotopic (exact) mass is 233 g/mol. The molecular formula is C12H15N3S. The van der Waals surface area contributed by atoms with Crippen LogP contribution in [0.1, 0.15) is 11.1 Å². The van der Waals surface area contributed by atoms with Gasteiger partial charge in [-0.15, -0.1) is 0 Å². The SMILES string of the molecule is Cc1ccccc1CN(C)c1ncc(N)s1. The topological polar surface area (TPSA) is 42.2 Å². The number of nitrogen functional groups attached to an aromatic ring is 1. The minimum atomic E-state index is 0.756. The molecule has 4 heteroatoms. The van der Waals surface area contributed by atoms with E-state index in [4.69, 9.17) is 5.73 Å². The molecule has 0 radical (unpaired) electrons. The average molecular weight is 233 g/mol. The van der Waals surface area contributed by atoms with Crippen LogP contribution in [0, 0.1) is 6.92 Å². The van der Waals surface area contributed by atoms with E-state index in [-0.39, 0.29) is 0 Å². The Labute approximate surface area is 99.5 Å².